The van der Waals surface area contributed by atoms with E-state index in [4.69, 9.17) is 28.9 Å². The van der Waals surface area contributed by atoms with E-state index < -0.39 is 0 Å². The molecule has 2 N–H and O–H groups in total. The molecule has 20 heavy (non-hydrogen) atoms. The van der Waals surface area contributed by atoms with Crippen LogP contribution in [-0.4, -0.2) is 9.78 Å². The summed E-state index contributed by atoms with van der Waals surface area (Å²) in [6, 6.07) is 14.9. The van der Waals surface area contributed by atoms with Crippen molar-refractivity contribution in [3.8, 4) is 16.9 Å². The summed E-state index contributed by atoms with van der Waals surface area (Å²) in [5.41, 5.74) is 9.15. The lowest BCUT2D eigenvalue weighted by Crippen LogP contribution is -1.94. The molecule has 3 rings (SSSR count). The number of hydrogen-bond acceptors (Lipinski definition) is 2. The Balaban J connectivity index is 2.05. The van der Waals surface area contributed by atoms with Crippen molar-refractivity contribution in [2.45, 2.75) is 0 Å². The zero-order chi connectivity index (χ0) is 14.1. The molecule has 0 aliphatic rings. The molecule has 0 aliphatic heterocycles. The van der Waals surface area contributed by atoms with E-state index in [0.29, 0.717) is 15.7 Å². The van der Waals surface area contributed by atoms with Crippen LogP contribution in [0.3, 0.4) is 0 Å². The van der Waals surface area contributed by atoms with Crippen molar-refractivity contribution in [3.05, 3.63) is 64.8 Å². The van der Waals surface area contributed by atoms with Gasteiger partial charge >= 0.3 is 0 Å². The molecule has 5 heteroatoms. The van der Waals surface area contributed by atoms with Crippen molar-refractivity contribution >= 4 is 28.9 Å². The molecule has 0 saturated carbocycles. The molecule has 0 unspecified atom stereocenters. The van der Waals surface area contributed by atoms with Gasteiger partial charge < -0.3 is 5.73 Å². The van der Waals surface area contributed by atoms with Gasteiger partial charge in [0.2, 0.25) is 0 Å². The van der Waals surface area contributed by atoms with E-state index in [2.05, 4.69) is 5.10 Å². The molecule has 3 aromatic rings. The lowest BCUT2D eigenvalue weighted by molar-refractivity contribution is 0.884. The van der Waals surface area contributed by atoms with Gasteiger partial charge in [-0.15, -0.1) is 0 Å². The third kappa shape index (κ3) is 2.50. The number of halogens is 2. The quantitative estimate of drug-likeness (QED) is 0.761. The molecule has 0 spiro atoms. The van der Waals surface area contributed by atoms with Gasteiger partial charge in [0.05, 0.1) is 17.6 Å². The van der Waals surface area contributed by atoms with Gasteiger partial charge in [-0.05, 0) is 30.3 Å². The number of nitrogens with zero attached hydrogens (tertiary/aromatic N) is 2. The summed E-state index contributed by atoms with van der Waals surface area (Å²) in [6.07, 6.45) is 1.77. The van der Waals surface area contributed by atoms with Crippen LogP contribution in [-0.2, 0) is 0 Å². The Labute approximate surface area is 126 Å². The Kier molecular flexibility index (Phi) is 3.38. The minimum atomic E-state index is 0.604. The van der Waals surface area contributed by atoms with Gasteiger partial charge in [-0.25, -0.2) is 4.68 Å². The number of nitrogen functional groups attached to an aromatic ring is 1. The minimum Gasteiger partial charge on any atom is -0.396 e. The van der Waals surface area contributed by atoms with Crippen LogP contribution < -0.4 is 5.73 Å². The van der Waals surface area contributed by atoms with E-state index in [1.54, 1.807) is 10.9 Å². The van der Waals surface area contributed by atoms with Crippen molar-refractivity contribution in [2.75, 3.05) is 5.73 Å². The highest BCUT2D eigenvalue weighted by atomic mass is 35.5. The average Bonchev–Trinajstić information content (AvgIpc) is 2.82. The summed E-state index contributed by atoms with van der Waals surface area (Å²) < 4.78 is 1.71. The number of aromatic nitrogens is 2. The van der Waals surface area contributed by atoms with Crippen LogP contribution in [0.2, 0.25) is 10.0 Å². The zero-order valence-electron chi connectivity index (χ0n) is 10.4. The second-order valence-corrected chi connectivity index (χ2v) is 5.24. The van der Waals surface area contributed by atoms with Crippen LogP contribution >= 0.6 is 23.2 Å². The first-order valence-corrected chi connectivity index (χ1v) is 6.76. The summed E-state index contributed by atoms with van der Waals surface area (Å²) in [7, 11) is 0. The standard InChI is InChI=1S/C15H11Cl2N3/c16-11-6-4-10(5-7-11)15-14(18)9-20(19-15)13-3-1-2-12(17)8-13/h1-9H,18H2. The van der Waals surface area contributed by atoms with E-state index in [-0.39, 0.29) is 0 Å². The molecule has 0 radical (unpaired) electrons. The Morgan fingerprint density at radius 2 is 1.70 bits per heavy atom. The maximum absolute atomic E-state index is 6.04. The third-order valence-corrected chi connectivity index (χ3v) is 3.42. The van der Waals surface area contributed by atoms with Gasteiger partial charge in [0.15, 0.2) is 0 Å². The van der Waals surface area contributed by atoms with Crippen LogP contribution in [0.4, 0.5) is 5.69 Å². The molecule has 0 fully saturated rings. The molecule has 0 saturated heterocycles. The minimum absolute atomic E-state index is 0.604. The van der Waals surface area contributed by atoms with Crippen LogP contribution in [0.5, 0.6) is 0 Å². The Bertz CT molecular complexity index is 748. The molecule has 100 valence electrons. The lowest BCUT2D eigenvalue weighted by atomic mass is 10.1. The second kappa shape index (κ2) is 5.19. The third-order valence-electron chi connectivity index (χ3n) is 2.93. The Morgan fingerprint density at radius 3 is 2.40 bits per heavy atom. The molecule has 0 amide bonds. The van der Waals surface area contributed by atoms with Crippen LogP contribution in [0.15, 0.2) is 54.7 Å². The molecule has 1 aromatic heterocycles. The molecule has 0 bridgehead atoms. The topological polar surface area (TPSA) is 43.8 Å². The lowest BCUT2D eigenvalue weighted by Gasteiger charge is -2.01. The van der Waals surface area contributed by atoms with Gasteiger partial charge in [-0.1, -0.05) is 41.4 Å². The van der Waals surface area contributed by atoms with E-state index in [9.17, 15) is 0 Å². The number of nitrogens with two attached hydrogens (primary N) is 1. The average molecular weight is 304 g/mol. The highest BCUT2D eigenvalue weighted by molar-refractivity contribution is 6.31. The number of anilines is 1. The largest absolute Gasteiger partial charge is 0.396 e. The predicted molar refractivity (Wildman–Crippen MR) is 83.4 cm³/mol. The molecule has 0 aliphatic carbocycles. The first-order valence-electron chi connectivity index (χ1n) is 6.00. The SMILES string of the molecule is Nc1cn(-c2cccc(Cl)c2)nc1-c1ccc(Cl)cc1. The van der Waals surface area contributed by atoms with Gasteiger partial charge in [0.1, 0.15) is 5.69 Å². The highest BCUT2D eigenvalue weighted by Crippen LogP contribution is 2.27. The van der Waals surface area contributed by atoms with Crippen molar-refractivity contribution in [2.24, 2.45) is 0 Å². The number of rotatable bonds is 2. The van der Waals surface area contributed by atoms with Crippen molar-refractivity contribution < 1.29 is 0 Å². The first-order chi connectivity index (χ1) is 9.63. The normalized spacial score (nSPS) is 10.7. The summed E-state index contributed by atoms with van der Waals surface area (Å²) in [5.74, 6) is 0. The summed E-state index contributed by atoms with van der Waals surface area (Å²) in [5, 5.41) is 5.85. The van der Waals surface area contributed by atoms with Gasteiger partial charge in [-0.3, -0.25) is 0 Å². The Morgan fingerprint density at radius 1 is 0.950 bits per heavy atom. The van der Waals surface area contributed by atoms with Crippen LogP contribution in [0.1, 0.15) is 0 Å². The fourth-order valence-electron chi connectivity index (χ4n) is 1.97. The first kappa shape index (κ1) is 13.0. The Hall–Kier alpha value is -1.97. The molecule has 0 atom stereocenters. The molecular formula is C15H11Cl2N3. The van der Waals surface area contributed by atoms with Gasteiger partial charge in [0, 0.05) is 15.6 Å². The van der Waals surface area contributed by atoms with Crippen LogP contribution in [0, 0.1) is 0 Å². The molecular weight excluding hydrogens is 293 g/mol. The van der Waals surface area contributed by atoms with Gasteiger partial charge in [-0.2, -0.15) is 5.10 Å². The molecule has 2 aromatic carbocycles. The fraction of sp³-hybridized carbons (Fsp3) is 0. The van der Waals surface area contributed by atoms with E-state index in [1.165, 1.54) is 0 Å². The predicted octanol–water partition coefficient (Wildman–Crippen LogP) is 4.43. The monoisotopic (exact) mass is 303 g/mol. The van der Waals surface area contributed by atoms with E-state index in [1.807, 2.05) is 48.5 Å². The molecule has 3 nitrogen and oxygen atoms in total. The number of hydrogen-bond donors (Lipinski definition) is 1. The smallest absolute Gasteiger partial charge is 0.116 e. The molecule has 1 heterocycles. The van der Waals surface area contributed by atoms with E-state index in [0.717, 1.165) is 16.9 Å². The zero-order valence-corrected chi connectivity index (χ0v) is 11.9. The number of benzene rings is 2. The highest BCUT2D eigenvalue weighted by Gasteiger charge is 2.09. The van der Waals surface area contributed by atoms with Gasteiger partial charge in [0.25, 0.3) is 0 Å². The summed E-state index contributed by atoms with van der Waals surface area (Å²) >= 11 is 11.9. The van der Waals surface area contributed by atoms with Crippen LogP contribution in [0.25, 0.3) is 16.9 Å². The second-order valence-electron chi connectivity index (χ2n) is 4.36. The van der Waals surface area contributed by atoms with Crippen molar-refractivity contribution in [1.29, 1.82) is 0 Å². The maximum Gasteiger partial charge on any atom is 0.116 e. The van der Waals surface area contributed by atoms with E-state index >= 15 is 0 Å². The fourth-order valence-corrected chi connectivity index (χ4v) is 2.28. The maximum atomic E-state index is 6.04. The van der Waals surface area contributed by atoms with Crippen molar-refractivity contribution in [1.82, 2.24) is 9.78 Å². The van der Waals surface area contributed by atoms with Crippen molar-refractivity contribution in [3.63, 3.8) is 0 Å². The summed E-state index contributed by atoms with van der Waals surface area (Å²) in [6.45, 7) is 0. The summed E-state index contributed by atoms with van der Waals surface area (Å²) in [4.78, 5) is 0.